The van der Waals surface area contributed by atoms with Crippen LogP contribution in [0.4, 0.5) is 5.82 Å². The van der Waals surface area contributed by atoms with E-state index in [0.717, 1.165) is 48.6 Å². The number of hydrogen-bond donors (Lipinski definition) is 2. The predicted octanol–water partition coefficient (Wildman–Crippen LogP) is 1.46. The fourth-order valence-corrected chi connectivity index (χ4v) is 2.87. The maximum Gasteiger partial charge on any atom is 0.156 e. The van der Waals surface area contributed by atoms with Crippen LogP contribution in [0.1, 0.15) is 24.6 Å². The highest BCUT2D eigenvalue weighted by atomic mass is 15.2. The first kappa shape index (κ1) is 11.4. The van der Waals surface area contributed by atoms with Crippen LogP contribution in [0, 0.1) is 0 Å². The predicted molar refractivity (Wildman–Crippen MR) is 74.5 cm³/mol. The molecule has 0 atom stereocenters. The average molecular weight is 269 g/mol. The summed E-state index contributed by atoms with van der Waals surface area (Å²) in [5, 5.41) is 6.91. The van der Waals surface area contributed by atoms with E-state index >= 15 is 0 Å². The van der Waals surface area contributed by atoms with Crippen LogP contribution >= 0.6 is 0 Å². The summed E-state index contributed by atoms with van der Waals surface area (Å²) in [5.41, 5.74) is 1.98. The fraction of sp³-hybridized carbons (Fsp3) is 0.385. The maximum atomic E-state index is 4.44. The molecule has 0 amide bonds. The summed E-state index contributed by atoms with van der Waals surface area (Å²) < 4.78 is 0. The second kappa shape index (κ2) is 4.59. The molecule has 102 valence electrons. The first-order valence-electron chi connectivity index (χ1n) is 6.80. The van der Waals surface area contributed by atoms with Crippen LogP contribution < -0.4 is 4.90 Å². The van der Waals surface area contributed by atoms with Gasteiger partial charge in [-0.1, -0.05) is 0 Å². The number of aromatic nitrogens is 6. The minimum Gasteiger partial charge on any atom is -0.357 e. The van der Waals surface area contributed by atoms with Gasteiger partial charge in [0, 0.05) is 25.2 Å². The number of fused-ring (bicyclic) bond motifs is 1. The van der Waals surface area contributed by atoms with Crippen LogP contribution in [0.25, 0.3) is 11.0 Å². The average Bonchev–Trinajstić information content (AvgIpc) is 3.18. The van der Waals surface area contributed by atoms with Crippen molar-refractivity contribution in [3.63, 3.8) is 0 Å². The highest BCUT2D eigenvalue weighted by Gasteiger charge is 2.24. The van der Waals surface area contributed by atoms with Gasteiger partial charge in [-0.05, 0) is 18.9 Å². The molecular formula is C13H15N7. The van der Waals surface area contributed by atoms with Crippen LogP contribution in [0.15, 0.2) is 24.9 Å². The Morgan fingerprint density at radius 3 is 2.80 bits per heavy atom. The number of nitrogens with zero attached hydrogens (tertiary/aromatic N) is 5. The molecule has 4 heterocycles. The second-order valence-corrected chi connectivity index (χ2v) is 5.07. The van der Waals surface area contributed by atoms with E-state index in [2.05, 4.69) is 35.0 Å². The van der Waals surface area contributed by atoms with E-state index in [4.69, 9.17) is 0 Å². The topological polar surface area (TPSA) is 86.4 Å². The molecule has 0 unspecified atom stereocenters. The van der Waals surface area contributed by atoms with E-state index in [-0.39, 0.29) is 0 Å². The van der Waals surface area contributed by atoms with Crippen molar-refractivity contribution in [2.24, 2.45) is 0 Å². The molecule has 2 N–H and O–H groups in total. The van der Waals surface area contributed by atoms with E-state index in [0.29, 0.717) is 5.92 Å². The molecule has 3 aromatic rings. The summed E-state index contributed by atoms with van der Waals surface area (Å²) in [6.07, 6.45) is 7.23. The Balaban J connectivity index is 1.56. The van der Waals surface area contributed by atoms with Gasteiger partial charge in [0.15, 0.2) is 5.82 Å². The van der Waals surface area contributed by atoms with Crippen LogP contribution in [-0.2, 0) is 0 Å². The molecule has 4 rings (SSSR count). The van der Waals surface area contributed by atoms with Crippen LogP contribution in [0.2, 0.25) is 0 Å². The molecule has 1 fully saturated rings. The van der Waals surface area contributed by atoms with Crippen molar-refractivity contribution in [3.05, 3.63) is 30.7 Å². The van der Waals surface area contributed by atoms with Gasteiger partial charge in [-0.25, -0.2) is 15.0 Å². The molecule has 20 heavy (non-hydrogen) atoms. The number of nitrogens with one attached hydrogen (secondary N) is 2. The Kier molecular flexibility index (Phi) is 2.61. The molecule has 7 nitrogen and oxygen atoms in total. The minimum absolute atomic E-state index is 0.467. The van der Waals surface area contributed by atoms with Crippen LogP contribution in [0.3, 0.4) is 0 Å². The SMILES string of the molecule is c1n[nH]c(C2CCN(c3ncnc4cc[nH]c34)CC2)n1. The van der Waals surface area contributed by atoms with Gasteiger partial charge in [0.1, 0.15) is 24.0 Å². The molecule has 0 aromatic carbocycles. The molecule has 7 heteroatoms. The van der Waals surface area contributed by atoms with Gasteiger partial charge in [0.2, 0.25) is 0 Å². The number of aromatic amines is 2. The van der Waals surface area contributed by atoms with Gasteiger partial charge in [0.25, 0.3) is 0 Å². The van der Waals surface area contributed by atoms with Crippen molar-refractivity contribution in [3.8, 4) is 0 Å². The molecule has 1 aliphatic heterocycles. The van der Waals surface area contributed by atoms with Crippen molar-refractivity contribution in [1.29, 1.82) is 0 Å². The van der Waals surface area contributed by atoms with Gasteiger partial charge in [-0.3, -0.25) is 5.10 Å². The van der Waals surface area contributed by atoms with E-state index in [9.17, 15) is 0 Å². The van der Waals surface area contributed by atoms with Crippen molar-refractivity contribution in [1.82, 2.24) is 30.1 Å². The Morgan fingerprint density at radius 1 is 1.10 bits per heavy atom. The third-order valence-corrected chi connectivity index (χ3v) is 3.94. The van der Waals surface area contributed by atoms with Crippen LogP contribution in [-0.4, -0.2) is 43.2 Å². The summed E-state index contributed by atoms with van der Waals surface area (Å²) in [7, 11) is 0. The van der Waals surface area contributed by atoms with Gasteiger partial charge < -0.3 is 9.88 Å². The zero-order valence-electron chi connectivity index (χ0n) is 11.0. The van der Waals surface area contributed by atoms with E-state index in [1.54, 1.807) is 12.7 Å². The number of H-pyrrole nitrogens is 2. The third kappa shape index (κ3) is 1.82. The minimum atomic E-state index is 0.467. The Labute approximate surface area is 115 Å². The van der Waals surface area contributed by atoms with E-state index < -0.39 is 0 Å². The van der Waals surface area contributed by atoms with E-state index in [1.807, 2.05) is 12.3 Å². The number of anilines is 1. The first-order valence-corrected chi connectivity index (χ1v) is 6.80. The van der Waals surface area contributed by atoms with E-state index in [1.165, 1.54) is 0 Å². The second-order valence-electron chi connectivity index (χ2n) is 5.07. The Morgan fingerprint density at radius 2 is 2.00 bits per heavy atom. The summed E-state index contributed by atoms with van der Waals surface area (Å²) in [5.74, 6) is 2.46. The third-order valence-electron chi connectivity index (χ3n) is 3.94. The normalized spacial score (nSPS) is 16.9. The summed E-state index contributed by atoms with van der Waals surface area (Å²) in [4.78, 5) is 18.5. The Bertz CT molecular complexity index is 694. The molecule has 0 aliphatic carbocycles. The van der Waals surface area contributed by atoms with Crippen LogP contribution in [0.5, 0.6) is 0 Å². The van der Waals surface area contributed by atoms with Crippen molar-refractivity contribution in [2.45, 2.75) is 18.8 Å². The lowest BCUT2D eigenvalue weighted by Crippen LogP contribution is -2.34. The lowest BCUT2D eigenvalue weighted by atomic mass is 9.96. The summed E-state index contributed by atoms with van der Waals surface area (Å²) in [6, 6.07) is 1.97. The Hall–Kier alpha value is -2.44. The zero-order valence-corrected chi connectivity index (χ0v) is 11.0. The lowest BCUT2D eigenvalue weighted by molar-refractivity contribution is 0.485. The number of rotatable bonds is 2. The molecule has 0 spiro atoms. The monoisotopic (exact) mass is 269 g/mol. The van der Waals surface area contributed by atoms with Gasteiger partial charge in [0.05, 0.1) is 5.52 Å². The van der Waals surface area contributed by atoms with Gasteiger partial charge >= 0.3 is 0 Å². The van der Waals surface area contributed by atoms with Gasteiger partial charge in [-0.2, -0.15) is 5.10 Å². The molecular weight excluding hydrogens is 254 g/mol. The number of piperidine rings is 1. The molecule has 3 aromatic heterocycles. The standard InChI is InChI=1S/C13H15N7/c1-4-14-11-10(1)15-7-17-13(11)20-5-2-9(3-6-20)12-16-8-18-19-12/h1,4,7-9,14H,2-3,5-6H2,(H,16,18,19). The maximum absolute atomic E-state index is 4.44. The molecule has 1 saturated heterocycles. The van der Waals surface area contributed by atoms with Crippen molar-refractivity contribution >= 4 is 16.9 Å². The molecule has 0 bridgehead atoms. The molecule has 0 radical (unpaired) electrons. The largest absolute Gasteiger partial charge is 0.357 e. The summed E-state index contributed by atoms with van der Waals surface area (Å²) >= 11 is 0. The van der Waals surface area contributed by atoms with Gasteiger partial charge in [-0.15, -0.1) is 0 Å². The highest BCUT2D eigenvalue weighted by Crippen LogP contribution is 2.29. The van der Waals surface area contributed by atoms with Crippen molar-refractivity contribution in [2.75, 3.05) is 18.0 Å². The smallest absolute Gasteiger partial charge is 0.156 e. The number of hydrogen-bond acceptors (Lipinski definition) is 5. The molecule has 1 aliphatic rings. The summed E-state index contributed by atoms with van der Waals surface area (Å²) in [6.45, 7) is 1.94. The fourth-order valence-electron chi connectivity index (χ4n) is 2.87. The van der Waals surface area contributed by atoms with Crippen molar-refractivity contribution < 1.29 is 0 Å². The highest BCUT2D eigenvalue weighted by molar-refractivity contribution is 5.85. The quantitative estimate of drug-likeness (QED) is 0.735. The molecule has 0 saturated carbocycles. The zero-order chi connectivity index (χ0) is 13.4. The lowest BCUT2D eigenvalue weighted by Gasteiger charge is -2.31. The first-order chi connectivity index (χ1) is 9.92.